The Balaban J connectivity index is 0.00000392. The van der Waals surface area contributed by atoms with E-state index in [9.17, 15) is 23.1 Å². The van der Waals surface area contributed by atoms with Crippen LogP contribution in [0.15, 0.2) is 54.6 Å². The number of carbonyl (C=O) groups is 1. The molecule has 0 spiro atoms. The quantitative estimate of drug-likeness (QED) is 0.546. The summed E-state index contributed by atoms with van der Waals surface area (Å²) in [5.74, 6) is -0.620. The Morgan fingerprint density at radius 2 is 1.75 bits per heavy atom. The molecule has 0 aliphatic rings. The number of nitrogens with one attached hydrogen (secondary N) is 1. The van der Waals surface area contributed by atoms with E-state index in [4.69, 9.17) is 10.5 Å². The molecule has 0 aliphatic carbocycles. The average Bonchev–Trinajstić information content (AvgIpc) is 2.64. The summed E-state index contributed by atoms with van der Waals surface area (Å²) in [7, 11) is 0. The molecule has 5 nitrogen and oxygen atoms in total. The Kier molecular flexibility index (Phi) is 9.40. The van der Waals surface area contributed by atoms with Gasteiger partial charge in [-0.15, -0.1) is 12.4 Å². The van der Waals surface area contributed by atoms with Crippen LogP contribution in [0.1, 0.15) is 28.9 Å². The highest BCUT2D eigenvalue weighted by molar-refractivity contribution is 5.85. The van der Waals surface area contributed by atoms with Crippen LogP contribution in [-0.4, -0.2) is 30.7 Å². The number of aliphatic hydroxyl groups excluding tert-OH is 1. The molecule has 154 valence electrons. The SMILES string of the molecule is Cl.NC(=O)C(OCCNCC(O)c1cccc(C(F)(F)F)c1)c1ccccc1. The first-order chi connectivity index (χ1) is 12.8. The van der Waals surface area contributed by atoms with Crippen LogP contribution in [0.3, 0.4) is 0 Å². The van der Waals surface area contributed by atoms with Gasteiger partial charge in [-0.1, -0.05) is 42.5 Å². The van der Waals surface area contributed by atoms with Crippen LogP contribution in [0.5, 0.6) is 0 Å². The minimum absolute atomic E-state index is 0. The fraction of sp³-hybridized carbons (Fsp3) is 0.316. The maximum absolute atomic E-state index is 12.7. The molecule has 9 heteroatoms. The number of ether oxygens (including phenoxy) is 1. The first-order valence-electron chi connectivity index (χ1n) is 8.31. The molecule has 2 aromatic carbocycles. The molecule has 0 aromatic heterocycles. The summed E-state index contributed by atoms with van der Waals surface area (Å²) >= 11 is 0. The van der Waals surface area contributed by atoms with Gasteiger partial charge in [-0.3, -0.25) is 4.79 Å². The van der Waals surface area contributed by atoms with E-state index in [1.54, 1.807) is 30.3 Å². The molecule has 0 heterocycles. The molecule has 2 atom stereocenters. The van der Waals surface area contributed by atoms with Gasteiger partial charge in [0.25, 0.3) is 5.91 Å². The molecule has 1 amide bonds. The van der Waals surface area contributed by atoms with Crippen LogP contribution in [0.4, 0.5) is 13.2 Å². The molecule has 0 bridgehead atoms. The predicted molar refractivity (Wildman–Crippen MR) is 101 cm³/mol. The molecule has 28 heavy (non-hydrogen) atoms. The molecule has 2 aromatic rings. The number of carbonyl (C=O) groups excluding carboxylic acids is 1. The van der Waals surface area contributed by atoms with Crippen molar-refractivity contribution >= 4 is 18.3 Å². The maximum Gasteiger partial charge on any atom is 0.416 e. The number of halogens is 4. The van der Waals surface area contributed by atoms with Crippen LogP contribution in [-0.2, 0) is 15.7 Å². The summed E-state index contributed by atoms with van der Waals surface area (Å²) in [5.41, 5.74) is 5.33. The topological polar surface area (TPSA) is 84.6 Å². The number of benzene rings is 2. The second kappa shape index (κ2) is 11.0. The lowest BCUT2D eigenvalue weighted by Gasteiger charge is -2.17. The molecule has 0 fully saturated rings. The smallest absolute Gasteiger partial charge is 0.387 e. The van der Waals surface area contributed by atoms with Crippen molar-refractivity contribution in [2.45, 2.75) is 18.4 Å². The van der Waals surface area contributed by atoms with Gasteiger partial charge in [0.2, 0.25) is 0 Å². The lowest BCUT2D eigenvalue weighted by Crippen LogP contribution is -2.29. The van der Waals surface area contributed by atoms with Gasteiger partial charge in [-0.05, 0) is 23.3 Å². The molecule has 2 unspecified atom stereocenters. The number of rotatable bonds is 9. The van der Waals surface area contributed by atoms with E-state index >= 15 is 0 Å². The monoisotopic (exact) mass is 418 g/mol. The van der Waals surface area contributed by atoms with Gasteiger partial charge in [-0.25, -0.2) is 0 Å². The van der Waals surface area contributed by atoms with Gasteiger partial charge in [0.15, 0.2) is 6.10 Å². The standard InChI is InChI=1S/C19H21F3N2O3.ClH/c20-19(21,22)15-8-4-7-14(11-15)16(25)12-24-9-10-27-17(18(23)26)13-5-2-1-3-6-13;/h1-8,11,16-17,24-25H,9-10,12H2,(H2,23,26);1H. The zero-order valence-electron chi connectivity index (χ0n) is 14.9. The summed E-state index contributed by atoms with van der Waals surface area (Å²) in [5, 5.41) is 12.9. The first-order valence-corrected chi connectivity index (χ1v) is 8.31. The van der Waals surface area contributed by atoms with Crippen LogP contribution in [0, 0.1) is 0 Å². The number of alkyl halides is 3. The number of amides is 1. The van der Waals surface area contributed by atoms with Crippen molar-refractivity contribution in [3.8, 4) is 0 Å². The summed E-state index contributed by atoms with van der Waals surface area (Å²) < 4.78 is 43.6. The Bertz CT molecular complexity index is 745. The minimum Gasteiger partial charge on any atom is -0.387 e. The fourth-order valence-corrected chi connectivity index (χ4v) is 2.50. The number of hydrogen-bond donors (Lipinski definition) is 3. The third-order valence-electron chi connectivity index (χ3n) is 3.86. The molecular weight excluding hydrogens is 397 g/mol. The van der Waals surface area contributed by atoms with E-state index < -0.39 is 29.9 Å². The lowest BCUT2D eigenvalue weighted by atomic mass is 10.1. The molecular formula is C19H22ClF3N2O3. The average molecular weight is 419 g/mol. The summed E-state index contributed by atoms with van der Waals surface area (Å²) in [4.78, 5) is 11.5. The maximum atomic E-state index is 12.7. The van der Waals surface area contributed by atoms with Gasteiger partial charge in [-0.2, -0.15) is 13.2 Å². The van der Waals surface area contributed by atoms with Crippen LogP contribution >= 0.6 is 12.4 Å². The molecule has 0 aliphatic heterocycles. The van der Waals surface area contributed by atoms with Crippen molar-refractivity contribution in [3.05, 3.63) is 71.3 Å². The zero-order chi connectivity index (χ0) is 19.9. The van der Waals surface area contributed by atoms with Crippen molar-refractivity contribution in [2.75, 3.05) is 19.7 Å². The first kappa shape index (κ1) is 23.9. The van der Waals surface area contributed by atoms with E-state index in [0.29, 0.717) is 5.56 Å². The Morgan fingerprint density at radius 1 is 1.11 bits per heavy atom. The normalized spacial score (nSPS) is 13.4. The molecule has 0 saturated heterocycles. The molecule has 2 rings (SSSR count). The minimum atomic E-state index is -4.46. The van der Waals surface area contributed by atoms with E-state index in [-0.39, 0.29) is 37.7 Å². The summed E-state index contributed by atoms with van der Waals surface area (Å²) in [6, 6.07) is 13.3. The molecule has 4 N–H and O–H groups in total. The lowest BCUT2D eigenvalue weighted by molar-refractivity contribution is -0.137. The van der Waals surface area contributed by atoms with Gasteiger partial charge in [0, 0.05) is 13.1 Å². The van der Waals surface area contributed by atoms with Crippen molar-refractivity contribution < 1.29 is 27.8 Å². The number of hydrogen-bond acceptors (Lipinski definition) is 4. The third kappa shape index (κ3) is 7.12. The van der Waals surface area contributed by atoms with Gasteiger partial charge in [0.1, 0.15) is 0 Å². The van der Waals surface area contributed by atoms with E-state index in [0.717, 1.165) is 12.1 Å². The Labute approximate surface area is 167 Å². The van der Waals surface area contributed by atoms with E-state index in [2.05, 4.69) is 5.32 Å². The van der Waals surface area contributed by atoms with E-state index in [1.807, 2.05) is 0 Å². The number of primary amides is 1. The second-order valence-electron chi connectivity index (χ2n) is 5.91. The van der Waals surface area contributed by atoms with Crippen LogP contribution < -0.4 is 11.1 Å². The van der Waals surface area contributed by atoms with Crippen LogP contribution in [0.2, 0.25) is 0 Å². The highest BCUT2D eigenvalue weighted by atomic mass is 35.5. The van der Waals surface area contributed by atoms with Gasteiger partial charge < -0.3 is 20.9 Å². The summed E-state index contributed by atoms with van der Waals surface area (Å²) in [6.07, 6.45) is -6.45. The predicted octanol–water partition coefficient (Wildman–Crippen LogP) is 2.99. The van der Waals surface area contributed by atoms with Gasteiger partial charge >= 0.3 is 6.18 Å². The highest BCUT2D eigenvalue weighted by Gasteiger charge is 2.30. The Hall–Kier alpha value is -2.13. The van der Waals surface area contributed by atoms with E-state index in [1.165, 1.54) is 12.1 Å². The van der Waals surface area contributed by atoms with Crippen molar-refractivity contribution in [2.24, 2.45) is 5.73 Å². The van der Waals surface area contributed by atoms with Crippen molar-refractivity contribution in [1.29, 1.82) is 0 Å². The number of nitrogens with two attached hydrogens (primary N) is 1. The highest BCUT2D eigenvalue weighted by Crippen LogP contribution is 2.30. The second-order valence-corrected chi connectivity index (χ2v) is 5.91. The van der Waals surface area contributed by atoms with Gasteiger partial charge in [0.05, 0.1) is 18.3 Å². The van der Waals surface area contributed by atoms with Crippen molar-refractivity contribution in [1.82, 2.24) is 5.32 Å². The molecule has 0 saturated carbocycles. The van der Waals surface area contributed by atoms with Crippen LogP contribution in [0.25, 0.3) is 0 Å². The number of aliphatic hydroxyl groups is 1. The zero-order valence-corrected chi connectivity index (χ0v) is 15.7. The Morgan fingerprint density at radius 3 is 2.36 bits per heavy atom. The molecule has 0 radical (unpaired) electrons. The van der Waals surface area contributed by atoms with Crippen molar-refractivity contribution in [3.63, 3.8) is 0 Å². The fourth-order valence-electron chi connectivity index (χ4n) is 2.50. The largest absolute Gasteiger partial charge is 0.416 e. The third-order valence-corrected chi connectivity index (χ3v) is 3.86. The summed E-state index contributed by atoms with van der Waals surface area (Å²) in [6.45, 7) is 0.460.